The standard InChI is InChI=1S/C20H18N4/c1-3-17(13-21-9-1)6-5-16-7-11-24(12-8-16)15-18-14-23-20-19(18)4-2-10-22-20/h1-4,7,9-10,13-14H,8,11-12,15H2,(H,22,23). The van der Waals surface area contributed by atoms with E-state index in [1.807, 2.05) is 24.4 Å². The number of rotatable bonds is 2. The maximum Gasteiger partial charge on any atom is 0.137 e. The minimum absolute atomic E-state index is 0.935. The van der Waals surface area contributed by atoms with Crippen LogP contribution in [-0.4, -0.2) is 32.9 Å². The van der Waals surface area contributed by atoms with Gasteiger partial charge in [-0.05, 0) is 36.2 Å². The fourth-order valence-electron chi connectivity index (χ4n) is 2.94. The van der Waals surface area contributed by atoms with E-state index in [1.54, 1.807) is 12.4 Å². The van der Waals surface area contributed by atoms with E-state index in [0.717, 1.165) is 37.3 Å². The zero-order valence-corrected chi connectivity index (χ0v) is 13.4. The third-order valence-corrected chi connectivity index (χ3v) is 4.25. The lowest BCUT2D eigenvalue weighted by atomic mass is 10.1. The molecule has 0 radical (unpaired) electrons. The summed E-state index contributed by atoms with van der Waals surface area (Å²) in [5, 5.41) is 1.21. The van der Waals surface area contributed by atoms with Crippen LogP contribution in [0.15, 0.2) is 60.7 Å². The van der Waals surface area contributed by atoms with Crippen molar-refractivity contribution in [1.29, 1.82) is 0 Å². The third-order valence-electron chi connectivity index (χ3n) is 4.25. The van der Waals surface area contributed by atoms with Crippen LogP contribution in [0, 0.1) is 11.8 Å². The summed E-state index contributed by atoms with van der Waals surface area (Å²) in [6, 6.07) is 8.01. The highest BCUT2D eigenvalue weighted by Gasteiger charge is 2.13. The Labute approximate surface area is 141 Å². The van der Waals surface area contributed by atoms with Crippen LogP contribution in [0.4, 0.5) is 0 Å². The first kappa shape index (κ1) is 14.7. The molecule has 4 heterocycles. The van der Waals surface area contributed by atoms with Crippen LogP contribution in [0.25, 0.3) is 11.0 Å². The van der Waals surface area contributed by atoms with Crippen LogP contribution in [0.2, 0.25) is 0 Å². The number of pyridine rings is 2. The summed E-state index contributed by atoms with van der Waals surface area (Å²) < 4.78 is 0. The van der Waals surface area contributed by atoms with E-state index >= 15 is 0 Å². The third kappa shape index (κ3) is 3.22. The van der Waals surface area contributed by atoms with E-state index in [0.29, 0.717) is 0 Å². The molecule has 0 fully saturated rings. The van der Waals surface area contributed by atoms with Gasteiger partial charge in [-0.15, -0.1) is 0 Å². The van der Waals surface area contributed by atoms with Gasteiger partial charge in [0.05, 0.1) is 0 Å². The van der Waals surface area contributed by atoms with Crippen LogP contribution in [-0.2, 0) is 6.54 Å². The Morgan fingerprint density at radius 1 is 1.17 bits per heavy atom. The van der Waals surface area contributed by atoms with E-state index in [9.17, 15) is 0 Å². The second-order valence-electron chi connectivity index (χ2n) is 5.92. The highest BCUT2D eigenvalue weighted by Crippen LogP contribution is 2.19. The van der Waals surface area contributed by atoms with Gasteiger partial charge in [0, 0.05) is 60.9 Å². The molecular weight excluding hydrogens is 296 g/mol. The van der Waals surface area contributed by atoms with Crippen LogP contribution in [0.3, 0.4) is 0 Å². The van der Waals surface area contributed by atoms with Crippen LogP contribution >= 0.6 is 0 Å². The largest absolute Gasteiger partial charge is 0.346 e. The van der Waals surface area contributed by atoms with Crippen molar-refractivity contribution in [2.75, 3.05) is 13.1 Å². The summed E-state index contributed by atoms with van der Waals surface area (Å²) in [6.07, 6.45) is 10.7. The van der Waals surface area contributed by atoms with Gasteiger partial charge in [-0.1, -0.05) is 17.9 Å². The molecule has 0 aliphatic carbocycles. The maximum atomic E-state index is 4.35. The highest BCUT2D eigenvalue weighted by molar-refractivity contribution is 5.79. The number of nitrogens with one attached hydrogen (secondary N) is 1. The summed E-state index contributed by atoms with van der Waals surface area (Å²) in [6.45, 7) is 2.90. The van der Waals surface area contributed by atoms with Crippen molar-refractivity contribution in [2.24, 2.45) is 0 Å². The highest BCUT2D eigenvalue weighted by atomic mass is 15.1. The topological polar surface area (TPSA) is 44.8 Å². The van der Waals surface area contributed by atoms with Crippen molar-refractivity contribution in [2.45, 2.75) is 13.0 Å². The first-order chi connectivity index (χ1) is 11.9. The molecule has 0 spiro atoms. The van der Waals surface area contributed by atoms with Crippen molar-refractivity contribution < 1.29 is 0 Å². The SMILES string of the molecule is C(#Cc1cccnc1)C1=CCN(Cc2c[nH]c3ncccc23)CC1. The van der Waals surface area contributed by atoms with Gasteiger partial charge in [-0.3, -0.25) is 9.88 Å². The Bertz CT molecular complexity index is 928. The van der Waals surface area contributed by atoms with E-state index in [4.69, 9.17) is 0 Å². The first-order valence-corrected chi connectivity index (χ1v) is 8.13. The Hall–Kier alpha value is -2.90. The van der Waals surface area contributed by atoms with Crippen LogP contribution < -0.4 is 0 Å². The molecule has 3 aromatic rings. The summed E-state index contributed by atoms with van der Waals surface area (Å²) >= 11 is 0. The monoisotopic (exact) mass is 314 g/mol. The summed E-state index contributed by atoms with van der Waals surface area (Å²) in [5.41, 5.74) is 4.45. The minimum atomic E-state index is 0.935. The smallest absolute Gasteiger partial charge is 0.137 e. The van der Waals surface area contributed by atoms with Gasteiger partial charge < -0.3 is 4.98 Å². The van der Waals surface area contributed by atoms with Crippen LogP contribution in [0.5, 0.6) is 0 Å². The predicted octanol–water partition coefficient (Wildman–Crippen LogP) is 3.14. The van der Waals surface area contributed by atoms with Crippen molar-refractivity contribution in [3.05, 3.63) is 71.8 Å². The zero-order chi connectivity index (χ0) is 16.2. The molecule has 1 aliphatic heterocycles. The number of H-pyrrole nitrogens is 1. The number of nitrogens with zero attached hydrogens (tertiary/aromatic N) is 3. The lowest BCUT2D eigenvalue weighted by molar-refractivity contribution is 0.289. The molecule has 24 heavy (non-hydrogen) atoms. The molecule has 0 bridgehead atoms. The van der Waals surface area contributed by atoms with Gasteiger partial charge in [-0.25, -0.2) is 4.98 Å². The van der Waals surface area contributed by atoms with E-state index in [1.165, 1.54) is 16.5 Å². The van der Waals surface area contributed by atoms with Gasteiger partial charge in [0.1, 0.15) is 5.65 Å². The molecule has 0 saturated heterocycles. The van der Waals surface area contributed by atoms with Gasteiger partial charge in [0.15, 0.2) is 0 Å². The molecule has 4 rings (SSSR count). The molecule has 0 atom stereocenters. The molecule has 3 aromatic heterocycles. The average molecular weight is 314 g/mol. The molecule has 0 aromatic carbocycles. The van der Waals surface area contributed by atoms with Crippen molar-refractivity contribution in [3.63, 3.8) is 0 Å². The number of hydrogen-bond donors (Lipinski definition) is 1. The molecule has 1 aliphatic rings. The van der Waals surface area contributed by atoms with Gasteiger partial charge in [0.2, 0.25) is 0 Å². The number of aromatic nitrogens is 3. The average Bonchev–Trinajstić information content (AvgIpc) is 3.05. The van der Waals surface area contributed by atoms with E-state index in [-0.39, 0.29) is 0 Å². The lowest BCUT2D eigenvalue weighted by Gasteiger charge is -2.24. The fraction of sp³-hybridized carbons (Fsp3) is 0.200. The first-order valence-electron chi connectivity index (χ1n) is 8.13. The number of fused-ring (bicyclic) bond motifs is 1. The van der Waals surface area contributed by atoms with E-state index < -0.39 is 0 Å². The molecule has 0 unspecified atom stereocenters. The Morgan fingerprint density at radius 3 is 2.96 bits per heavy atom. The Balaban J connectivity index is 1.42. The Morgan fingerprint density at radius 2 is 2.12 bits per heavy atom. The van der Waals surface area contributed by atoms with Crippen LogP contribution in [0.1, 0.15) is 17.5 Å². The summed E-state index contributed by atoms with van der Waals surface area (Å²) in [4.78, 5) is 14.1. The molecule has 0 amide bonds. The second-order valence-corrected chi connectivity index (χ2v) is 5.92. The van der Waals surface area contributed by atoms with Gasteiger partial charge in [-0.2, -0.15) is 0 Å². The second kappa shape index (κ2) is 6.69. The van der Waals surface area contributed by atoms with Crippen molar-refractivity contribution >= 4 is 11.0 Å². The molecule has 4 nitrogen and oxygen atoms in total. The molecule has 0 saturated carbocycles. The predicted molar refractivity (Wildman–Crippen MR) is 95.2 cm³/mol. The lowest BCUT2D eigenvalue weighted by Crippen LogP contribution is -2.28. The number of hydrogen-bond acceptors (Lipinski definition) is 3. The fourth-order valence-corrected chi connectivity index (χ4v) is 2.94. The number of aromatic amines is 1. The Kier molecular flexibility index (Phi) is 4.09. The molecular formula is C20H18N4. The van der Waals surface area contributed by atoms with Crippen molar-refractivity contribution in [3.8, 4) is 11.8 Å². The van der Waals surface area contributed by atoms with E-state index in [2.05, 4.69) is 50.0 Å². The minimum Gasteiger partial charge on any atom is -0.346 e. The molecule has 4 heteroatoms. The van der Waals surface area contributed by atoms with Gasteiger partial charge >= 0.3 is 0 Å². The van der Waals surface area contributed by atoms with Gasteiger partial charge in [0.25, 0.3) is 0 Å². The maximum absolute atomic E-state index is 4.35. The van der Waals surface area contributed by atoms with Crippen molar-refractivity contribution in [1.82, 2.24) is 19.9 Å². The summed E-state index contributed by atoms with van der Waals surface area (Å²) in [7, 11) is 0. The summed E-state index contributed by atoms with van der Waals surface area (Å²) in [5.74, 6) is 6.46. The molecule has 118 valence electrons. The zero-order valence-electron chi connectivity index (χ0n) is 13.4. The normalized spacial score (nSPS) is 14.9. The molecule has 1 N–H and O–H groups in total. The quantitative estimate of drug-likeness (QED) is 0.739.